The second-order valence-corrected chi connectivity index (χ2v) is 5.97. The lowest BCUT2D eigenvalue weighted by Gasteiger charge is -2.09. The van der Waals surface area contributed by atoms with Crippen LogP contribution >= 0.6 is 23.2 Å². The number of fused-ring (bicyclic) bond motifs is 1. The molecule has 0 radical (unpaired) electrons. The number of nitrogens with zero attached hydrogens (tertiary/aromatic N) is 2. The Kier molecular flexibility index (Phi) is 4.49. The van der Waals surface area contributed by atoms with E-state index < -0.39 is 0 Å². The molecule has 0 N–H and O–H groups in total. The van der Waals surface area contributed by atoms with E-state index in [1.54, 1.807) is 0 Å². The minimum atomic E-state index is 0.397. The maximum atomic E-state index is 6.29. The second kappa shape index (κ2) is 6.33. The van der Waals surface area contributed by atoms with Gasteiger partial charge < -0.3 is 9.30 Å². The van der Waals surface area contributed by atoms with Crippen LogP contribution in [0.3, 0.4) is 0 Å². The Morgan fingerprint density at radius 3 is 2.95 bits per heavy atom. The van der Waals surface area contributed by atoms with Crippen LogP contribution in [0, 0.1) is 5.92 Å². The summed E-state index contributed by atoms with van der Waals surface area (Å²) in [7, 11) is 0. The van der Waals surface area contributed by atoms with Crippen LogP contribution in [-0.4, -0.2) is 22.8 Å². The predicted octanol–water partition coefficient (Wildman–Crippen LogP) is 4.25. The van der Waals surface area contributed by atoms with Crippen molar-refractivity contribution in [1.29, 1.82) is 0 Å². The number of halogens is 2. The summed E-state index contributed by atoms with van der Waals surface area (Å²) >= 11 is 12.3. The highest BCUT2D eigenvalue weighted by atomic mass is 35.5. The maximum Gasteiger partial charge on any atom is 0.124 e. The highest BCUT2D eigenvalue weighted by molar-refractivity contribution is 6.35. The summed E-state index contributed by atoms with van der Waals surface area (Å²) in [6, 6.07) is 5.78. The topological polar surface area (TPSA) is 27.1 Å². The van der Waals surface area contributed by atoms with Gasteiger partial charge in [0, 0.05) is 19.8 Å². The molecule has 1 aromatic carbocycles. The Labute approximate surface area is 128 Å². The van der Waals surface area contributed by atoms with Gasteiger partial charge in [0.15, 0.2) is 0 Å². The molecule has 0 bridgehead atoms. The van der Waals surface area contributed by atoms with Crippen LogP contribution in [0.2, 0.25) is 5.02 Å². The van der Waals surface area contributed by atoms with Crippen LogP contribution in [-0.2, 0) is 17.2 Å². The van der Waals surface area contributed by atoms with Gasteiger partial charge in [-0.25, -0.2) is 4.98 Å². The predicted molar refractivity (Wildman–Crippen MR) is 82.5 cm³/mol. The molecule has 0 unspecified atom stereocenters. The molecular weight excluding hydrogens is 295 g/mol. The van der Waals surface area contributed by atoms with E-state index in [4.69, 9.17) is 27.9 Å². The van der Waals surface area contributed by atoms with Crippen LogP contribution in [0.15, 0.2) is 18.2 Å². The Morgan fingerprint density at radius 2 is 2.20 bits per heavy atom. The maximum absolute atomic E-state index is 6.29. The fourth-order valence-corrected chi connectivity index (χ4v) is 2.87. The molecule has 2 aromatic rings. The van der Waals surface area contributed by atoms with Crippen LogP contribution in [0.25, 0.3) is 11.0 Å². The third-order valence-corrected chi connectivity index (χ3v) is 4.18. The van der Waals surface area contributed by atoms with Crippen molar-refractivity contribution in [3.05, 3.63) is 29.0 Å². The van der Waals surface area contributed by atoms with E-state index >= 15 is 0 Å². The molecule has 1 aliphatic rings. The second-order valence-electron chi connectivity index (χ2n) is 5.29. The highest BCUT2D eigenvalue weighted by Crippen LogP contribution is 2.29. The first kappa shape index (κ1) is 14.2. The quantitative estimate of drug-likeness (QED) is 0.564. The van der Waals surface area contributed by atoms with Gasteiger partial charge in [0.05, 0.1) is 21.9 Å². The summed E-state index contributed by atoms with van der Waals surface area (Å²) in [5.41, 5.74) is 1.89. The molecule has 0 aliphatic heterocycles. The van der Waals surface area contributed by atoms with Gasteiger partial charge in [-0.1, -0.05) is 17.7 Å². The zero-order chi connectivity index (χ0) is 13.9. The number of hydrogen-bond acceptors (Lipinski definition) is 2. The van der Waals surface area contributed by atoms with Crippen molar-refractivity contribution >= 4 is 34.2 Å². The molecule has 0 amide bonds. The lowest BCUT2D eigenvalue weighted by atomic mass is 10.3. The molecule has 3 nitrogen and oxygen atoms in total. The molecule has 1 aromatic heterocycles. The minimum absolute atomic E-state index is 0.397. The molecule has 5 heteroatoms. The minimum Gasteiger partial charge on any atom is -0.381 e. The summed E-state index contributed by atoms with van der Waals surface area (Å²) in [4.78, 5) is 4.53. The van der Waals surface area contributed by atoms with Gasteiger partial charge in [-0.2, -0.15) is 0 Å². The van der Waals surface area contributed by atoms with E-state index in [1.807, 2.05) is 18.2 Å². The summed E-state index contributed by atoms with van der Waals surface area (Å²) in [5, 5.41) is 0.727. The van der Waals surface area contributed by atoms with Gasteiger partial charge in [0.2, 0.25) is 0 Å². The Morgan fingerprint density at radius 1 is 1.35 bits per heavy atom. The smallest absolute Gasteiger partial charge is 0.124 e. The number of imidazole rings is 1. The number of alkyl halides is 1. The van der Waals surface area contributed by atoms with Gasteiger partial charge >= 0.3 is 0 Å². The number of aromatic nitrogens is 2. The van der Waals surface area contributed by atoms with E-state index in [-0.39, 0.29) is 0 Å². The van der Waals surface area contributed by atoms with Crippen LogP contribution in [0.4, 0.5) is 0 Å². The molecule has 3 rings (SSSR count). The first-order chi connectivity index (χ1) is 9.79. The average Bonchev–Trinajstić information content (AvgIpc) is 3.19. The number of aryl methyl sites for hydroxylation is 1. The van der Waals surface area contributed by atoms with E-state index in [1.165, 1.54) is 12.8 Å². The monoisotopic (exact) mass is 312 g/mol. The van der Waals surface area contributed by atoms with E-state index in [0.717, 1.165) is 54.0 Å². The van der Waals surface area contributed by atoms with Crippen molar-refractivity contribution in [3.63, 3.8) is 0 Å². The highest BCUT2D eigenvalue weighted by Gasteiger charge is 2.21. The van der Waals surface area contributed by atoms with Crippen molar-refractivity contribution in [1.82, 2.24) is 9.55 Å². The van der Waals surface area contributed by atoms with Gasteiger partial charge in [0.1, 0.15) is 5.82 Å². The largest absolute Gasteiger partial charge is 0.381 e. The van der Waals surface area contributed by atoms with Crippen molar-refractivity contribution < 1.29 is 4.74 Å². The van der Waals surface area contributed by atoms with Crippen LogP contribution in [0.1, 0.15) is 25.1 Å². The van der Waals surface area contributed by atoms with Gasteiger partial charge in [-0.3, -0.25) is 0 Å². The van der Waals surface area contributed by atoms with Gasteiger partial charge in [0.25, 0.3) is 0 Å². The van der Waals surface area contributed by atoms with Crippen LogP contribution in [0.5, 0.6) is 0 Å². The lowest BCUT2D eigenvalue weighted by molar-refractivity contribution is 0.119. The fraction of sp³-hybridized carbons (Fsp3) is 0.533. The molecule has 1 heterocycles. The van der Waals surface area contributed by atoms with Crippen molar-refractivity contribution in [2.75, 3.05) is 13.2 Å². The molecule has 0 spiro atoms. The van der Waals surface area contributed by atoms with Crippen molar-refractivity contribution in [2.24, 2.45) is 5.92 Å². The van der Waals surface area contributed by atoms with Crippen molar-refractivity contribution in [3.8, 4) is 0 Å². The summed E-state index contributed by atoms with van der Waals surface area (Å²) in [6.07, 6.45) is 3.61. The Hall–Kier alpha value is -0.770. The SMILES string of the molecule is ClCc1nc2cccc(Cl)c2n1CCCOCC1CC1. The molecule has 1 aliphatic carbocycles. The summed E-state index contributed by atoms with van der Waals surface area (Å²) < 4.78 is 7.79. The average molecular weight is 313 g/mol. The number of rotatable bonds is 7. The summed E-state index contributed by atoms with van der Waals surface area (Å²) in [6.45, 7) is 2.53. The molecule has 108 valence electrons. The standard InChI is InChI=1S/C15H18Cl2N2O/c16-9-14-18-13-4-1-3-12(17)15(13)19(14)7-2-8-20-10-11-5-6-11/h1,3-4,11H,2,5-10H2. The van der Waals surface area contributed by atoms with Gasteiger partial charge in [-0.05, 0) is 37.3 Å². The molecule has 20 heavy (non-hydrogen) atoms. The number of para-hydroxylation sites is 1. The molecule has 1 fully saturated rings. The van der Waals surface area contributed by atoms with Crippen molar-refractivity contribution in [2.45, 2.75) is 31.7 Å². The lowest BCUT2D eigenvalue weighted by Crippen LogP contribution is -2.07. The van der Waals surface area contributed by atoms with E-state index in [2.05, 4.69) is 9.55 Å². The third kappa shape index (κ3) is 3.11. The number of ether oxygens (including phenoxy) is 1. The molecule has 0 saturated heterocycles. The molecular formula is C15H18Cl2N2O. The first-order valence-electron chi connectivity index (χ1n) is 7.07. The fourth-order valence-electron chi connectivity index (χ4n) is 2.39. The van der Waals surface area contributed by atoms with E-state index in [9.17, 15) is 0 Å². The number of benzene rings is 1. The van der Waals surface area contributed by atoms with Crippen LogP contribution < -0.4 is 0 Å². The zero-order valence-corrected chi connectivity index (χ0v) is 12.8. The third-order valence-electron chi connectivity index (χ3n) is 3.64. The van der Waals surface area contributed by atoms with Gasteiger partial charge in [-0.15, -0.1) is 11.6 Å². The Balaban J connectivity index is 1.68. The number of hydrogen-bond donors (Lipinski definition) is 0. The summed E-state index contributed by atoms with van der Waals surface area (Å²) in [5.74, 6) is 2.09. The first-order valence-corrected chi connectivity index (χ1v) is 7.98. The normalized spacial score (nSPS) is 15.1. The Bertz CT molecular complexity index is 593. The zero-order valence-electron chi connectivity index (χ0n) is 11.3. The van der Waals surface area contributed by atoms with E-state index in [0.29, 0.717) is 5.88 Å². The molecule has 0 atom stereocenters. The molecule has 1 saturated carbocycles.